The third kappa shape index (κ3) is 9.73. The summed E-state index contributed by atoms with van der Waals surface area (Å²) in [5, 5.41) is 3.24. The highest BCUT2D eigenvalue weighted by Gasteiger charge is 2.41. The van der Waals surface area contributed by atoms with E-state index in [1.165, 1.54) is 17.8 Å². The number of halogens is 4. The van der Waals surface area contributed by atoms with Crippen LogP contribution in [0.4, 0.5) is 18.0 Å². The van der Waals surface area contributed by atoms with E-state index >= 15 is 0 Å². The lowest BCUT2D eigenvalue weighted by Crippen LogP contribution is -2.56. The zero-order chi connectivity index (χ0) is 28.6. The molecule has 1 atom stereocenters. The SMILES string of the molecule is CCC[C@](CCCc1ccc(Sc2cccc(C(F)(F)F)c2)cc1Cl)(NC(=O)OC(C)(C)C)C(=O)OCC. The first-order chi connectivity index (χ1) is 17.7. The van der Waals surface area contributed by atoms with Crippen LogP contribution in [0, 0.1) is 0 Å². The summed E-state index contributed by atoms with van der Waals surface area (Å²) >= 11 is 7.69. The van der Waals surface area contributed by atoms with Crippen LogP contribution in [0.1, 0.15) is 71.4 Å². The molecule has 0 saturated heterocycles. The number of carbonyl (C=O) groups is 2. The van der Waals surface area contributed by atoms with E-state index in [2.05, 4.69) is 5.32 Å². The first-order valence-corrected chi connectivity index (χ1v) is 13.7. The molecule has 0 spiro atoms. The van der Waals surface area contributed by atoms with Gasteiger partial charge in [-0.15, -0.1) is 0 Å². The topological polar surface area (TPSA) is 64.6 Å². The summed E-state index contributed by atoms with van der Waals surface area (Å²) in [5.41, 5.74) is -1.84. The highest BCUT2D eigenvalue weighted by molar-refractivity contribution is 7.99. The van der Waals surface area contributed by atoms with Crippen molar-refractivity contribution in [3.63, 3.8) is 0 Å². The largest absolute Gasteiger partial charge is 0.464 e. The van der Waals surface area contributed by atoms with Gasteiger partial charge in [-0.3, -0.25) is 0 Å². The molecule has 2 aromatic rings. The summed E-state index contributed by atoms with van der Waals surface area (Å²) in [6.45, 7) is 9.04. The summed E-state index contributed by atoms with van der Waals surface area (Å²) in [5.74, 6) is -0.508. The molecule has 0 saturated carbocycles. The second-order valence-electron chi connectivity index (χ2n) is 9.91. The van der Waals surface area contributed by atoms with Crippen molar-refractivity contribution in [3.8, 4) is 0 Å². The summed E-state index contributed by atoms with van der Waals surface area (Å²) in [4.78, 5) is 26.7. The highest BCUT2D eigenvalue weighted by atomic mass is 35.5. The lowest BCUT2D eigenvalue weighted by molar-refractivity contribution is -0.152. The van der Waals surface area contributed by atoms with E-state index in [0.717, 1.165) is 17.7 Å². The minimum atomic E-state index is -4.41. The van der Waals surface area contributed by atoms with Gasteiger partial charge in [0.2, 0.25) is 0 Å². The van der Waals surface area contributed by atoms with Crippen LogP contribution in [0.25, 0.3) is 0 Å². The number of carbonyl (C=O) groups excluding carboxylic acids is 2. The first-order valence-electron chi connectivity index (χ1n) is 12.5. The zero-order valence-electron chi connectivity index (χ0n) is 22.3. The average molecular weight is 574 g/mol. The lowest BCUT2D eigenvalue weighted by atomic mass is 9.87. The first kappa shape index (κ1) is 31.8. The smallest absolute Gasteiger partial charge is 0.416 e. The highest BCUT2D eigenvalue weighted by Crippen LogP contribution is 2.36. The Bertz CT molecular complexity index is 1100. The van der Waals surface area contributed by atoms with Crippen LogP contribution >= 0.6 is 23.4 Å². The molecule has 2 rings (SSSR count). The Kier molecular flexibility index (Phi) is 11.4. The molecule has 5 nitrogen and oxygen atoms in total. The predicted molar refractivity (Wildman–Crippen MR) is 144 cm³/mol. The quantitative estimate of drug-likeness (QED) is 0.273. The second-order valence-corrected chi connectivity index (χ2v) is 11.5. The van der Waals surface area contributed by atoms with E-state index in [0.29, 0.717) is 46.9 Å². The van der Waals surface area contributed by atoms with E-state index in [1.54, 1.807) is 45.9 Å². The predicted octanol–water partition coefficient (Wildman–Crippen LogP) is 8.46. The van der Waals surface area contributed by atoms with Crippen LogP contribution in [-0.2, 0) is 26.9 Å². The van der Waals surface area contributed by atoms with Gasteiger partial charge in [0.1, 0.15) is 11.1 Å². The van der Waals surface area contributed by atoms with Gasteiger partial charge in [-0.25, -0.2) is 9.59 Å². The van der Waals surface area contributed by atoms with Crippen LogP contribution in [0.15, 0.2) is 52.3 Å². The van der Waals surface area contributed by atoms with E-state index in [-0.39, 0.29) is 6.61 Å². The molecule has 38 heavy (non-hydrogen) atoms. The van der Waals surface area contributed by atoms with Gasteiger partial charge in [-0.1, -0.05) is 48.8 Å². The fraction of sp³-hybridized carbons (Fsp3) is 0.500. The van der Waals surface area contributed by atoms with Crippen molar-refractivity contribution < 1.29 is 32.2 Å². The number of esters is 1. The Morgan fingerprint density at radius 3 is 2.26 bits per heavy atom. The molecule has 0 radical (unpaired) electrons. The van der Waals surface area contributed by atoms with Crippen molar-refractivity contribution in [2.24, 2.45) is 0 Å². The van der Waals surface area contributed by atoms with Gasteiger partial charge in [-0.05, 0) is 89.3 Å². The number of amides is 1. The molecule has 0 fully saturated rings. The van der Waals surface area contributed by atoms with Gasteiger partial charge < -0.3 is 14.8 Å². The second kappa shape index (κ2) is 13.6. The molecule has 1 amide bonds. The number of alkyl halides is 3. The molecule has 0 heterocycles. The molecule has 0 aromatic heterocycles. The summed E-state index contributed by atoms with van der Waals surface area (Å²) in [6, 6.07) is 10.5. The maximum absolute atomic E-state index is 13.0. The number of hydrogen-bond acceptors (Lipinski definition) is 5. The van der Waals surface area contributed by atoms with Crippen molar-refractivity contribution in [2.45, 2.75) is 93.8 Å². The molecule has 210 valence electrons. The molecule has 1 N–H and O–H groups in total. The number of aryl methyl sites for hydroxylation is 1. The van der Waals surface area contributed by atoms with Gasteiger partial charge in [0, 0.05) is 14.8 Å². The number of nitrogens with one attached hydrogen (secondary N) is 1. The summed E-state index contributed by atoms with van der Waals surface area (Å²) < 4.78 is 49.8. The lowest BCUT2D eigenvalue weighted by Gasteiger charge is -2.33. The normalized spacial score (nSPS) is 13.5. The number of hydrogen-bond donors (Lipinski definition) is 1. The van der Waals surface area contributed by atoms with E-state index < -0.39 is 34.9 Å². The number of alkyl carbamates (subject to hydrolysis) is 1. The van der Waals surface area contributed by atoms with Gasteiger partial charge in [-0.2, -0.15) is 13.2 Å². The van der Waals surface area contributed by atoms with Gasteiger partial charge >= 0.3 is 18.2 Å². The third-order valence-electron chi connectivity index (χ3n) is 5.55. The van der Waals surface area contributed by atoms with Crippen LogP contribution < -0.4 is 5.32 Å². The maximum Gasteiger partial charge on any atom is 0.416 e. The molecule has 0 unspecified atom stereocenters. The molecular formula is C28H35ClF3NO4S. The molecule has 0 aliphatic rings. The third-order valence-corrected chi connectivity index (χ3v) is 6.89. The Hall–Kier alpha value is -2.39. The monoisotopic (exact) mass is 573 g/mol. The van der Waals surface area contributed by atoms with Gasteiger partial charge in [0.05, 0.1) is 12.2 Å². The molecule has 0 aliphatic carbocycles. The van der Waals surface area contributed by atoms with Crippen molar-refractivity contribution in [1.29, 1.82) is 0 Å². The minimum absolute atomic E-state index is 0.178. The molecular weight excluding hydrogens is 539 g/mol. The number of rotatable bonds is 11. The van der Waals surface area contributed by atoms with Crippen LogP contribution in [0.3, 0.4) is 0 Å². The Labute approximate surface area is 231 Å². The van der Waals surface area contributed by atoms with Crippen LogP contribution in [0.2, 0.25) is 5.02 Å². The average Bonchev–Trinajstić information content (AvgIpc) is 2.79. The number of benzene rings is 2. The molecule has 10 heteroatoms. The van der Waals surface area contributed by atoms with Crippen LogP contribution in [0.5, 0.6) is 0 Å². The Balaban J connectivity index is 2.14. The maximum atomic E-state index is 13.0. The summed E-state index contributed by atoms with van der Waals surface area (Å²) in [7, 11) is 0. The van der Waals surface area contributed by atoms with Crippen molar-refractivity contribution in [3.05, 3.63) is 58.6 Å². The zero-order valence-corrected chi connectivity index (χ0v) is 23.9. The Morgan fingerprint density at radius 2 is 1.68 bits per heavy atom. The van der Waals surface area contributed by atoms with Crippen molar-refractivity contribution in [2.75, 3.05) is 6.61 Å². The number of ether oxygens (including phenoxy) is 2. The summed E-state index contributed by atoms with van der Waals surface area (Å²) in [6.07, 6.45) is -2.72. The Morgan fingerprint density at radius 1 is 1.00 bits per heavy atom. The fourth-order valence-corrected chi connectivity index (χ4v) is 5.20. The standard InChI is InChI=1S/C28H35ClF3NO4S/c1-6-15-27(24(34)36-7-2,33-25(35)37-26(3,4)5)16-9-10-19-13-14-22(18-23(19)29)38-21-12-8-11-20(17-21)28(30,31)32/h8,11-14,17-18H,6-7,9-10,15-16H2,1-5H3,(H,33,35)/t27-/m1/s1. The minimum Gasteiger partial charge on any atom is -0.464 e. The van der Waals surface area contributed by atoms with Gasteiger partial charge in [0.15, 0.2) is 0 Å². The molecule has 0 bridgehead atoms. The molecule has 2 aromatic carbocycles. The molecule has 0 aliphatic heterocycles. The van der Waals surface area contributed by atoms with Crippen LogP contribution in [-0.4, -0.2) is 29.8 Å². The van der Waals surface area contributed by atoms with E-state index in [4.69, 9.17) is 21.1 Å². The van der Waals surface area contributed by atoms with Gasteiger partial charge in [0.25, 0.3) is 0 Å². The van der Waals surface area contributed by atoms with Crippen molar-refractivity contribution >= 4 is 35.4 Å². The van der Waals surface area contributed by atoms with Crippen molar-refractivity contribution in [1.82, 2.24) is 5.32 Å². The fourth-order valence-electron chi connectivity index (χ4n) is 3.95. The van der Waals surface area contributed by atoms with E-state index in [9.17, 15) is 22.8 Å². The van der Waals surface area contributed by atoms with E-state index in [1.807, 2.05) is 13.0 Å².